The van der Waals surface area contributed by atoms with Gasteiger partial charge < -0.3 is 14.6 Å². The molecule has 1 heterocycles. The molecular formula is C14H24N2O4. The Bertz CT molecular complexity index is 447. The fourth-order valence-corrected chi connectivity index (χ4v) is 1.88. The average Bonchev–Trinajstić information content (AvgIpc) is 2.53. The number of rotatable bonds is 5. The van der Waals surface area contributed by atoms with E-state index in [4.69, 9.17) is 9.47 Å². The maximum Gasteiger partial charge on any atom is 0.358 e. The maximum absolute atomic E-state index is 12.1. The number of nitrogens with zero attached hydrogens (tertiary/aromatic N) is 2. The third-order valence-corrected chi connectivity index (χ3v) is 2.44. The molecule has 1 rings (SSSR count). The molecule has 114 valence electrons. The van der Waals surface area contributed by atoms with Crippen LogP contribution in [0.25, 0.3) is 0 Å². The van der Waals surface area contributed by atoms with Gasteiger partial charge >= 0.3 is 5.97 Å². The van der Waals surface area contributed by atoms with E-state index in [0.29, 0.717) is 0 Å². The Morgan fingerprint density at radius 3 is 2.15 bits per heavy atom. The van der Waals surface area contributed by atoms with Crippen LogP contribution in [0, 0.1) is 0 Å². The second-order valence-corrected chi connectivity index (χ2v) is 6.03. The zero-order valence-corrected chi connectivity index (χ0v) is 13.2. The first-order chi connectivity index (χ1) is 8.94. The minimum Gasteiger partial charge on any atom is -0.458 e. The molecule has 20 heavy (non-hydrogen) atoms. The minimum absolute atomic E-state index is 0.0225. The zero-order chi connectivity index (χ0) is 15.7. The van der Waals surface area contributed by atoms with Gasteiger partial charge in [-0.2, -0.15) is 0 Å². The molecule has 1 unspecified atom stereocenters. The van der Waals surface area contributed by atoms with Crippen LogP contribution < -0.4 is 0 Å². The lowest BCUT2D eigenvalue weighted by Gasteiger charge is -2.22. The zero-order valence-electron chi connectivity index (χ0n) is 13.2. The van der Waals surface area contributed by atoms with Gasteiger partial charge in [0.25, 0.3) is 5.85 Å². The summed E-state index contributed by atoms with van der Waals surface area (Å²) in [6.07, 6.45) is -0.387. The average molecular weight is 284 g/mol. The quantitative estimate of drug-likeness (QED) is 0.779. The van der Waals surface area contributed by atoms with Gasteiger partial charge in [0.1, 0.15) is 11.3 Å². The van der Waals surface area contributed by atoms with E-state index in [9.17, 15) is 9.90 Å². The van der Waals surface area contributed by atoms with Gasteiger partial charge in [-0.05, 0) is 41.5 Å². The van der Waals surface area contributed by atoms with Crippen molar-refractivity contribution in [2.75, 3.05) is 0 Å². The summed E-state index contributed by atoms with van der Waals surface area (Å²) in [5.41, 5.74) is -1.09. The Labute approximate surface area is 119 Å². The van der Waals surface area contributed by atoms with Crippen LogP contribution in [0.5, 0.6) is 0 Å². The van der Waals surface area contributed by atoms with Crippen LogP contribution >= 0.6 is 0 Å². The molecule has 1 N–H and O–H groups in total. The SMILES string of the molecule is CC(C)OC(=O)C1=NC(C)(OC(C)C)N=C1C(C)(C)O. The molecule has 1 atom stereocenters. The Kier molecular flexibility index (Phi) is 4.71. The standard InChI is InChI=1S/C14H24N2O4/c1-8(2)19-12(17)10-11(13(5,6)18)16-14(7,15-10)20-9(3)4/h8-9,18H,1-7H3. The van der Waals surface area contributed by atoms with Crippen LogP contribution in [0.1, 0.15) is 48.5 Å². The highest BCUT2D eigenvalue weighted by Gasteiger charge is 2.42. The van der Waals surface area contributed by atoms with E-state index in [2.05, 4.69) is 9.98 Å². The van der Waals surface area contributed by atoms with Crippen molar-refractivity contribution in [3.63, 3.8) is 0 Å². The lowest BCUT2D eigenvalue weighted by molar-refractivity contribution is -0.139. The van der Waals surface area contributed by atoms with Gasteiger partial charge in [0, 0.05) is 6.92 Å². The smallest absolute Gasteiger partial charge is 0.358 e. The van der Waals surface area contributed by atoms with Gasteiger partial charge in [0.15, 0.2) is 5.71 Å². The molecule has 0 bridgehead atoms. The van der Waals surface area contributed by atoms with Crippen molar-refractivity contribution in [1.82, 2.24) is 0 Å². The Hall–Kier alpha value is -1.27. The highest BCUT2D eigenvalue weighted by atomic mass is 16.5. The lowest BCUT2D eigenvalue weighted by atomic mass is 9.99. The maximum atomic E-state index is 12.1. The first kappa shape index (κ1) is 16.8. The molecule has 0 aromatic carbocycles. The molecule has 0 radical (unpaired) electrons. The van der Waals surface area contributed by atoms with Crippen molar-refractivity contribution in [2.45, 2.75) is 72.1 Å². The Balaban J connectivity index is 3.15. The first-order valence-electron chi connectivity index (χ1n) is 6.76. The number of carbonyl (C=O) groups excluding carboxylic acids is 1. The van der Waals surface area contributed by atoms with Gasteiger partial charge in [0.05, 0.1) is 12.2 Å². The van der Waals surface area contributed by atoms with Crippen LogP contribution in [0.15, 0.2) is 9.98 Å². The van der Waals surface area contributed by atoms with E-state index < -0.39 is 17.4 Å². The van der Waals surface area contributed by atoms with Gasteiger partial charge in [-0.3, -0.25) is 0 Å². The highest BCUT2D eigenvalue weighted by Crippen LogP contribution is 2.27. The molecule has 0 fully saturated rings. The molecule has 1 aliphatic heterocycles. The molecule has 0 spiro atoms. The Morgan fingerprint density at radius 2 is 1.75 bits per heavy atom. The summed E-state index contributed by atoms with van der Waals surface area (Å²) in [5.74, 6) is -1.80. The molecule has 6 heteroatoms. The van der Waals surface area contributed by atoms with E-state index in [1.165, 1.54) is 0 Å². The van der Waals surface area contributed by atoms with Gasteiger partial charge in [-0.1, -0.05) is 0 Å². The van der Waals surface area contributed by atoms with Crippen LogP contribution in [-0.4, -0.2) is 46.2 Å². The van der Waals surface area contributed by atoms with Crippen molar-refractivity contribution in [3.8, 4) is 0 Å². The number of hydrogen-bond donors (Lipinski definition) is 1. The fourth-order valence-electron chi connectivity index (χ4n) is 1.88. The predicted molar refractivity (Wildman–Crippen MR) is 77.0 cm³/mol. The van der Waals surface area contributed by atoms with Crippen LogP contribution in [0.2, 0.25) is 0 Å². The molecular weight excluding hydrogens is 260 g/mol. The van der Waals surface area contributed by atoms with Gasteiger partial charge in [0.2, 0.25) is 0 Å². The molecule has 1 aliphatic rings. The molecule has 0 aromatic heterocycles. The number of aliphatic hydroxyl groups is 1. The number of aliphatic imine (C=N–C) groups is 2. The topological polar surface area (TPSA) is 80.5 Å². The summed E-state index contributed by atoms with van der Waals surface area (Å²) in [4.78, 5) is 20.6. The van der Waals surface area contributed by atoms with Gasteiger partial charge in [-0.15, -0.1) is 0 Å². The summed E-state index contributed by atoms with van der Waals surface area (Å²) in [5, 5.41) is 10.2. The number of esters is 1. The van der Waals surface area contributed by atoms with Crippen LogP contribution in [0.4, 0.5) is 0 Å². The normalized spacial score (nSPS) is 23.1. The molecule has 0 amide bonds. The number of carbonyl (C=O) groups is 1. The van der Waals surface area contributed by atoms with E-state index >= 15 is 0 Å². The van der Waals surface area contributed by atoms with Crippen molar-refractivity contribution in [3.05, 3.63) is 0 Å². The van der Waals surface area contributed by atoms with Gasteiger partial charge in [-0.25, -0.2) is 14.8 Å². The summed E-state index contributed by atoms with van der Waals surface area (Å²) in [6, 6.07) is 0. The minimum atomic E-state index is -1.30. The third kappa shape index (κ3) is 4.11. The Morgan fingerprint density at radius 1 is 1.20 bits per heavy atom. The highest BCUT2D eigenvalue weighted by molar-refractivity contribution is 6.68. The van der Waals surface area contributed by atoms with Crippen molar-refractivity contribution >= 4 is 17.4 Å². The molecule has 0 saturated carbocycles. The van der Waals surface area contributed by atoms with Crippen molar-refractivity contribution in [1.29, 1.82) is 0 Å². The van der Waals surface area contributed by atoms with E-state index in [0.717, 1.165) is 0 Å². The van der Waals surface area contributed by atoms with Crippen LogP contribution in [-0.2, 0) is 14.3 Å². The van der Waals surface area contributed by atoms with E-state index in [1.807, 2.05) is 13.8 Å². The second kappa shape index (κ2) is 5.61. The number of ether oxygens (including phenoxy) is 2. The second-order valence-electron chi connectivity index (χ2n) is 6.03. The van der Waals surface area contributed by atoms with E-state index in [1.54, 1.807) is 34.6 Å². The predicted octanol–water partition coefficient (Wildman–Crippen LogP) is 1.70. The molecule has 0 aliphatic carbocycles. The fraction of sp³-hybridized carbons (Fsp3) is 0.786. The summed E-state index contributed by atoms with van der Waals surface area (Å²) >= 11 is 0. The summed E-state index contributed by atoms with van der Waals surface area (Å²) in [7, 11) is 0. The summed E-state index contributed by atoms with van der Waals surface area (Å²) in [6.45, 7) is 11.9. The summed E-state index contributed by atoms with van der Waals surface area (Å²) < 4.78 is 10.8. The van der Waals surface area contributed by atoms with Crippen molar-refractivity contribution < 1.29 is 19.4 Å². The largest absolute Gasteiger partial charge is 0.458 e. The third-order valence-electron chi connectivity index (χ3n) is 2.44. The monoisotopic (exact) mass is 284 g/mol. The first-order valence-corrected chi connectivity index (χ1v) is 6.76. The van der Waals surface area contributed by atoms with Crippen LogP contribution in [0.3, 0.4) is 0 Å². The van der Waals surface area contributed by atoms with Crippen molar-refractivity contribution in [2.24, 2.45) is 9.98 Å². The molecule has 6 nitrogen and oxygen atoms in total. The van der Waals surface area contributed by atoms with E-state index in [-0.39, 0.29) is 23.6 Å². The number of hydrogen-bond acceptors (Lipinski definition) is 6. The lowest BCUT2D eigenvalue weighted by Crippen LogP contribution is -2.40. The molecule has 0 saturated heterocycles. The molecule has 0 aromatic rings.